The summed E-state index contributed by atoms with van der Waals surface area (Å²) in [5, 5.41) is 2.71. The quantitative estimate of drug-likeness (QED) is 0.516. The fourth-order valence-electron chi connectivity index (χ4n) is 3.18. The van der Waals surface area contributed by atoms with Gasteiger partial charge >= 0.3 is 0 Å². The summed E-state index contributed by atoms with van der Waals surface area (Å²) in [7, 11) is -4.04. The first-order valence-corrected chi connectivity index (χ1v) is 11.8. The molecule has 0 saturated heterocycles. The number of carbonyl (C=O) groups is 2. The highest BCUT2D eigenvalue weighted by atomic mass is 32.2. The van der Waals surface area contributed by atoms with E-state index in [1.54, 1.807) is 55.8 Å². The third kappa shape index (κ3) is 5.82. The first-order chi connectivity index (χ1) is 15.3. The van der Waals surface area contributed by atoms with Gasteiger partial charge in [0.2, 0.25) is 0 Å². The van der Waals surface area contributed by atoms with E-state index >= 15 is 0 Å². The van der Waals surface area contributed by atoms with Crippen molar-refractivity contribution in [3.05, 3.63) is 84.4 Å². The molecule has 0 aliphatic rings. The number of sulfonamides is 1. The van der Waals surface area contributed by atoms with E-state index in [4.69, 9.17) is 0 Å². The van der Waals surface area contributed by atoms with Crippen molar-refractivity contribution >= 4 is 21.8 Å². The number of hydrogen-bond acceptors (Lipinski definition) is 5. The van der Waals surface area contributed by atoms with E-state index in [-0.39, 0.29) is 10.8 Å². The number of nitrogens with zero attached hydrogens (tertiary/aromatic N) is 2. The molecule has 3 rings (SSSR count). The lowest BCUT2D eigenvalue weighted by Crippen LogP contribution is -2.51. The zero-order valence-corrected chi connectivity index (χ0v) is 18.7. The van der Waals surface area contributed by atoms with E-state index in [0.717, 1.165) is 5.56 Å². The van der Waals surface area contributed by atoms with Crippen molar-refractivity contribution in [1.82, 2.24) is 19.6 Å². The number of amides is 2. The second-order valence-corrected chi connectivity index (χ2v) is 9.24. The lowest BCUT2D eigenvalue weighted by atomic mass is 9.98. The molecule has 0 radical (unpaired) electrons. The van der Waals surface area contributed by atoms with Gasteiger partial charge in [0, 0.05) is 24.5 Å². The van der Waals surface area contributed by atoms with Crippen molar-refractivity contribution in [2.75, 3.05) is 0 Å². The van der Waals surface area contributed by atoms with Crippen LogP contribution in [0, 0.1) is 5.92 Å². The Hall–Kier alpha value is -3.46. The first kappa shape index (κ1) is 23.2. The van der Waals surface area contributed by atoms with Crippen LogP contribution >= 0.6 is 0 Å². The first-order valence-electron chi connectivity index (χ1n) is 10.3. The standard InChI is InChI=1S/C23H26N4O4S/c1-3-17(2)21(23(29)26-32(30,31)20-10-5-4-6-11-20)25-22(28)19-9-7-8-18(14-19)15-27-13-12-24-16-27/h4-14,16-17,21H,3,15H2,1-2H3,(H,25,28)(H,26,29)/t17-,21-/m0/s1. The Morgan fingerprint density at radius 1 is 1.09 bits per heavy atom. The Morgan fingerprint density at radius 3 is 2.50 bits per heavy atom. The van der Waals surface area contributed by atoms with Crippen LogP contribution in [0.15, 0.2) is 78.2 Å². The average Bonchev–Trinajstić information content (AvgIpc) is 3.30. The Kier molecular flexibility index (Phi) is 7.42. The van der Waals surface area contributed by atoms with Gasteiger partial charge in [0.25, 0.3) is 21.8 Å². The molecule has 0 unspecified atom stereocenters. The highest BCUT2D eigenvalue weighted by Crippen LogP contribution is 2.14. The highest BCUT2D eigenvalue weighted by Gasteiger charge is 2.30. The van der Waals surface area contributed by atoms with E-state index in [0.29, 0.717) is 18.5 Å². The number of rotatable bonds is 9. The molecule has 2 amide bonds. The van der Waals surface area contributed by atoms with Gasteiger partial charge in [-0.1, -0.05) is 50.6 Å². The molecule has 2 aromatic carbocycles. The number of carbonyl (C=O) groups excluding carboxylic acids is 2. The van der Waals surface area contributed by atoms with E-state index < -0.39 is 27.9 Å². The summed E-state index contributed by atoms with van der Waals surface area (Å²) < 4.78 is 29.1. The van der Waals surface area contributed by atoms with Gasteiger partial charge in [-0.3, -0.25) is 9.59 Å². The molecule has 0 aliphatic carbocycles. The number of benzene rings is 2. The third-order valence-corrected chi connectivity index (χ3v) is 6.55. The summed E-state index contributed by atoms with van der Waals surface area (Å²) in [5.74, 6) is -1.50. The fraction of sp³-hybridized carbons (Fsp3) is 0.261. The Balaban J connectivity index is 1.75. The van der Waals surface area contributed by atoms with Crippen molar-refractivity contribution in [1.29, 1.82) is 0 Å². The molecule has 1 heterocycles. The maximum atomic E-state index is 12.9. The maximum Gasteiger partial charge on any atom is 0.264 e. The molecule has 168 valence electrons. The van der Waals surface area contributed by atoms with Crippen LogP contribution < -0.4 is 10.0 Å². The second kappa shape index (κ2) is 10.2. The predicted molar refractivity (Wildman–Crippen MR) is 120 cm³/mol. The number of hydrogen-bond donors (Lipinski definition) is 2. The zero-order valence-electron chi connectivity index (χ0n) is 17.9. The van der Waals surface area contributed by atoms with E-state index in [1.165, 1.54) is 12.1 Å². The summed E-state index contributed by atoms with van der Waals surface area (Å²) in [6, 6.07) is 13.7. The van der Waals surface area contributed by atoms with Crippen molar-refractivity contribution in [2.45, 2.75) is 37.8 Å². The smallest absolute Gasteiger partial charge is 0.264 e. The minimum Gasteiger partial charge on any atom is -0.340 e. The summed E-state index contributed by atoms with van der Waals surface area (Å²) in [6.45, 7) is 4.20. The monoisotopic (exact) mass is 454 g/mol. The topological polar surface area (TPSA) is 110 Å². The number of imidazole rings is 1. The van der Waals surface area contributed by atoms with Gasteiger partial charge in [-0.15, -0.1) is 0 Å². The number of aromatic nitrogens is 2. The normalized spacial score (nSPS) is 13.2. The van der Waals surface area contributed by atoms with Gasteiger partial charge in [-0.25, -0.2) is 18.1 Å². The molecule has 2 N–H and O–H groups in total. The van der Waals surface area contributed by atoms with Gasteiger partial charge in [0.15, 0.2) is 0 Å². The lowest BCUT2D eigenvalue weighted by molar-refractivity contribution is -0.122. The van der Waals surface area contributed by atoms with Crippen LogP contribution in [-0.2, 0) is 21.4 Å². The summed E-state index contributed by atoms with van der Waals surface area (Å²) in [5.41, 5.74) is 1.28. The summed E-state index contributed by atoms with van der Waals surface area (Å²) in [6.07, 6.45) is 5.76. The fourth-order valence-corrected chi connectivity index (χ4v) is 4.21. The molecule has 0 saturated carbocycles. The molecule has 0 fully saturated rings. The van der Waals surface area contributed by atoms with Crippen LogP contribution in [0.1, 0.15) is 36.2 Å². The predicted octanol–water partition coefficient (Wildman–Crippen LogP) is 2.58. The second-order valence-electron chi connectivity index (χ2n) is 7.55. The summed E-state index contributed by atoms with van der Waals surface area (Å²) >= 11 is 0. The molecule has 1 aromatic heterocycles. The van der Waals surface area contributed by atoms with Gasteiger partial charge in [-0.2, -0.15) is 0 Å². The molecule has 0 spiro atoms. The van der Waals surface area contributed by atoms with Crippen LogP contribution in [0.3, 0.4) is 0 Å². The van der Waals surface area contributed by atoms with E-state index in [9.17, 15) is 18.0 Å². The molecule has 3 aromatic rings. The molecular formula is C23H26N4O4S. The minimum atomic E-state index is -4.04. The van der Waals surface area contributed by atoms with Crippen molar-refractivity contribution in [3.63, 3.8) is 0 Å². The third-order valence-electron chi connectivity index (χ3n) is 5.18. The SMILES string of the molecule is CC[C@H](C)[C@H](NC(=O)c1cccc(Cn2ccnc2)c1)C(=O)NS(=O)(=O)c1ccccc1. The van der Waals surface area contributed by atoms with Crippen molar-refractivity contribution in [3.8, 4) is 0 Å². The van der Waals surface area contributed by atoms with Crippen LogP contribution in [0.2, 0.25) is 0 Å². The highest BCUT2D eigenvalue weighted by molar-refractivity contribution is 7.90. The lowest BCUT2D eigenvalue weighted by Gasteiger charge is -2.23. The van der Waals surface area contributed by atoms with Crippen LogP contribution in [0.25, 0.3) is 0 Å². The minimum absolute atomic E-state index is 0.0187. The molecule has 8 nitrogen and oxygen atoms in total. The maximum absolute atomic E-state index is 12.9. The molecule has 0 aliphatic heterocycles. The Labute approximate surface area is 187 Å². The molecule has 32 heavy (non-hydrogen) atoms. The largest absolute Gasteiger partial charge is 0.340 e. The van der Waals surface area contributed by atoms with Gasteiger partial charge in [0.05, 0.1) is 11.2 Å². The summed E-state index contributed by atoms with van der Waals surface area (Å²) in [4.78, 5) is 29.8. The average molecular weight is 455 g/mol. The van der Waals surface area contributed by atoms with E-state index in [1.807, 2.05) is 23.8 Å². The molecular weight excluding hydrogens is 428 g/mol. The van der Waals surface area contributed by atoms with Crippen LogP contribution in [0.5, 0.6) is 0 Å². The number of nitrogens with one attached hydrogen (secondary N) is 2. The van der Waals surface area contributed by atoms with Gasteiger partial charge < -0.3 is 9.88 Å². The van der Waals surface area contributed by atoms with Crippen molar-refractivity contribution < 1.29 is 18.0 Å². The van der Waals surface area contributed by atoms with Gasteiger partial charge in [0.1, 0.15) is 6.04 Å². The Bertz CT molecular complexity index is 1160. The van der Waals surface area contributed by atoms with E-state index in [2.05, 4.69) is 15.0 Å². The van der Waals surface area contributed by atoms with Crippen molar-refractivity contribution in [2.24, 2.45) is 5.92 Å². The van der Waals surface area contributed by atoms with Crippen LogP contribution in [0.4, 0.5) is 0 Å². The van der Waals surface area contributed by atoms with Gasteiger partial charge in [-0.05, 0) is 35.7 Å². The molecule has 2 atom stereocenters. The molecule has 0 bridgehead atoms. The Morgan fingerprint density at radius 2 is 1.84 bits per heavy atom. The molecule has 9 heteroatoms. The van der Waals surface area contributed by atoms with Crippen LogP contribution in [-0.4, -0.2) is 35.8 Å². The zero-order chi connectivity index (χ0) is 23.1.